The molecule has 3 aromatic rings. The molecular formula is C23H17Cl4NO6S. The molecule has 0 aliphatic heterocycles. The third kappa shape index (κ3) is 7.02. The van der Waals surface area contributed by atoms with Crippen molar-refractivity contribution in [3.8, 4) is 16.9 Å². The summed E-state index contributed by atoms with van der Waals surface area (Å²) < 4.78 is 15.4. The van der Waals surface area contributed by atoms with Crippen molar-refractivity contribution in [2.45, 2.75) is 6.92 Å². The molecule has 0 bridgehead atoms. The van der Waals surface area contributed by atoms with E-state index in [9.17, 15) is 14.4 Å². The lowest BCUT2D eigenvalue weighted by Crippen LogP contribution is -2.24. The van der Waals surface area contributed by atoms with Gasteiger partial charge < -0.3 is 19.5 Å². The molecule has 0 fully saturated rings. The number of rotatable bonds is 9. The van der Waals surface area contributed by atoms with E-state index in [1.807, 2.05) is 0 Å². The molecule has 0 saturated carbocycles. The summed E-state index contributed by atoms with van der Waals surface area (Å²) in [7, 11) is 0. The van der Waals surface area contributed by atoms with Crippen LogP contribution in [0.3, 0.4) is 0 Å². The van der Waals surface area contributed by atoms with Gasteiger partial charge in [-0.15, -0.1) is 11.3 Å². The predicted molar refractivity (Wildman–Crippen MR) is 137 cm³/mol. The molecule has 0 saturated heterocycles. The fraction of sp³-hybridized carbons (Fsp3) is 0.174. The molecule has 0 unspecified atom stereocenters. The summed E-state index contributed by atoms with van der Waals surface area (Å²) in [5, 5.41) is 5.52. The number of thiophene rings is 1. The molecule has 1 amide bonds. The fourth-order valence-corrected chi connectivity index (χ4v) is 4.63. The molecule has 0 radical (unpaired) electrons. The summed E-state index contributed by atoms with van der Waals surface area (Å²) in [5.74, 6) is -1.98. The van der Waals surface area contributed by atoms with Crippen molar-refractivity contribution in [1.29, 1.82) is 0 Å². The number of ether oxygens (including phenoxy) is 3. The Labute approximate surface area is 224 Å². The molecule has 35 heavy (non-hydrogen) atoms. The Hall–Kier alpha value is -2.49. The normalized spacial score (nSPS) is 10.5. The number of esters is 2. The highest BCUT2D eigenvalue weighted by atomic mass is 35.5. The molecule has 0 aliphatic carbocycles. The first-order chi connectivity index (χ1) is 16.7. The van der Waals surface area contributed by atoms with Crippen LogP contribution >= 0.6 is 57.7 Å². The largest absolute Gasteiger partial charge is 0.480 e. The molecule has 1 heterocycles. The zero-order valence-electron chi connectivity index (χ0n) is 18.0. The monoisotopic (exact) mass is 575 g/mol. The first-order valence-corrected chi connectivity index (χ1v) is 12.4. The topological polar surface area (TPSA) is 90.9 Å². The van der Waals surface area contributed by atoms with E-state index in [0.717, 1.165) is 11.3 Å². The maximum atomic E-state index is 12.6. The molecule has 2 aromatic carbocycles. The zero-order chi connectivity index (χ0) is 25.5. The minimum atomic E-state index is -0.823. The summed E-state index contributed by atoms with van der Waals surface area (Å²) in [4.78, 5) is 37.1. The smallest absolute Gasteiger partial charge is 0.344 e. The van der Waals surface area contributed by atoms with E-state index < -0.39 is 31.1 Å². The third-order valence-corrected chi connectivity index (χ3v) is 6.61. The molecule has 0 spiro atoms. The van der Waals surface area contributed by atoms with Gasteiger partial charge in [0, 0.05) is 27.6 Å². The van der Waals surface area contributed by atoms with Gasteiger partial charge in [-0.1, -0.05) is 64.6 Å². The maximum absolute atomic E-state index is 12.6. The van der Waals surface area contributed by atoms with Gasteiger partial charge in [0.1, 0.15) is 16.3 Å². The zero-order valence-corrected chi connectivity index (χ0v) is 21.9. The first-order valence-electron chi connectivity index (χ1n) is 9.97. The summed E-state index contributed by atoms with van der Waals surface area (Å²) in [6.07, 6.45) is 0. The summed E-state index contributed by atoms with van der Waals surface area (Å²) in [6, 6.07) is 9.71. The van der Waals surface area contributed by atoms with Crippen molar-refractivity contribution in [3.05, 3.63) is 67.4 Å². The van der Waals surface area contributed by atoms with Crippen LogP contribution in [0.5, 0.6) is 5.75 Å². The van der Waals surface area contributed by atoms with Crippen LogP contribution in [0.1, 0.15) is 17.3 Å². The van der Waals surface area contributed by atoms with E-state index in [-0.39, 0.29) is 38.0 Å². The van der Waals surface area contributed by atoms with Crippen LogP contribution in [-0.2, 0) is 19.1 Å². The fourth-order valence-electron chi connectivity index (χ4n) is 2.84. The molecule has 1 N–H and O–H groups in total. The second-order valence-electron chi connectivity index (χ2n) is 6.75. The number of hydrogen-bond donors (Lipinski definition) is 1. The van der Waals surface area contributed by atoms with Gasteiger partial charge in [-0.2, -0.15) is 0 Å². The standard InChI is InChI=1S/C23H17Cl4NO6S/c1-2-32-23(31)21-13(12-5-3-4-6-14(12)24)11-35-22(21)28-19(29)9-34-20(30)10-33-18-8-16(26)15(25)7-17(18)27/h3-8,11H,2,9-10H2,1H3,(H,28,29). The van der Waals surface area contributed by atoms with Crippen LogP contribution in [0.25, 0.3) is 11.1 Å². The Morgan fingerprint density at radius 3 is 2.31 bits per heavy atom. The van der Waals surface area contributed by atoms with E-state index in [4.69, 9.17) is 60.6 Å². The van der Waals surface area contributed by atoms with E-state index in [1.165, 1.54) is 12.1 Å². The quantitative estimate of drug-likeness (QED) is 0.223. The Kier molecular flexibility index (Phi) is 9.65. The van der Waals surface area contributed by atoms with E-state index in [2.05, 4.69) is 5.32 Å². The second kappa shape index (κ2) is 12.5. The highest BCUT2D eigenvalue weighted by molar-refractivity contribution is 7.15. The van der Waals surface area contributed by atoms with Crippen LogP contribution in [0.15, 0.2) is 41.8 Å². The first kappa shape index (κ1) is 27.1. The number of carbonyl (C=O) groups is 3. The molecular weight excluding hydrogens is 560 g/mol. The van der Waals surface area contributed by atoms with Crippen molar-refractivity contribution >= 4 is 80.6 Å². The number of carbonyl (C=O) groups excluding carboxylic acids is 3. The SMILES string of the molecule is CCOC(=O)c1c(-c2ccccc2Cl)csc1NC(=O)COC(=O)COc1cc(Cl)c(Cl)cc1Cl. The van der Waals surface area contributed by atoms with E-state index in [0.29, 0.717) is 16.1 Å². The number of benzene rings is 2. The van der Waals surface area contributed by atoms with E-state index in [1.54, 1.807) is 36.6 Å². The van der Waals surface area contributed by atoms with Crippen LogP contribution < -0.4 is 10.1 Å². The molecule has 0 aliphatic rings. The highest BCUT2D eigenvalue weighted by Gasteiger charge is 2.24. The molecule has 0 atom stereocenters. The molecule has 184 valence electrons. The molecule has 7 nitrogen and oxygen atoms in total. The average molecular weight is 577 g/mol. The number of amides is 1. The molecule has 3 rings (SSSR count). The predicted octanol–water partition coefficient (Wildman–Crippen LogP) is 6.77. The summed E-state index contributed by atoms with van der Waals surface area (Å²) >= 11 is 25.1. The number of hydrogen-bond acceptors (Lipinski definition) is 7. The maximum Gasteiger partial charge on any atom is 0.344 e. The summed E-state index contributed by atoms with van der Waals surface area (Å²) in [6.45, 7) is 0.683. The van der Waals surface area contributed by atoms with Gasteiger partial charge in [0.25, 0.3) is 5.91 Å². The summed E-state index contributed by atoms with van der Waals surface area (Å²) in [5.41, 5.74) is 1.28. The van der Waals surface area contributed by atoms with Gasteiger partial charge in [0.05, 0.1) is 21.7 Å². The average Bonchev–Trinajstić information content (AvgIpc) is 3.22. The number of nitrogens with one attached hydrogen (secondary N) is 1. The van der Waals surface area contributed by atoms with Crippen LogP contribution in [0.2, 0.25) is 20.1 Å². The van der Waals surface area contributed by atoms with Crippen molar-refractivity contribution in [3.63, 3.8) is 0 Å². The lowest BCUT2D eigenvalue weighted by Gasteiger charge is -2.11. The van der Waals surface area contributed by atoms with Gasteiger partial charge in [-0.25, -0.2) is 9.59 Å². The number of halogens is 4. The minimum absolute atomic E-state index is 0.132. The lowest BCUT2D eigenvalue weighted by molar-refractivity contribution is -0.149. The lowest BCUT2D eigenvalue weighted by atomic mass is 10.0. The Balaban J connectivity index is 1.64. The van der Waals surface area contributed by atoms with Crippen LogP contribution in [-0.4, -0.2) is 37.7 Å². The van der Waals surface area contributed by atoms with Crippen molar-refractivity contribution in [2.75, 3.05) is 25.1 Å². The second-order valence-corrected chi connectivity index (χ2v) is 9.26. The molecule has 12 heteroatoms. The molecule has 1 aromatic heterocycles. The van der Waals surface area contributed by atoms with Gasteiger partial charge in [0.2, 0.25) is 0 Å². The Bertz CT molecular complexity index is 1260. The Morgan fingerprint density at radius 1 is 0.886 bits per heavy atom. The van der Waals surface area contributed by atoms with Gasteiger partial charge in [0.15, 0.2) is 13.2 Å². The number of anilines is 1. The van der Waals surface area contributed by atoms with Crippen molar-refractivity contribution in [1.82, 2.24) is 0 Å². The van der Waals surface area contributed by atoms with Crippen LogP contribution in [0, 0.1) is 0 Å². The van der Waals surface area contributed by atoms with Gasteiger partial charge >= 0.3 is 11.9 Å². The van der Waals surface area contributed by atoms with Crippen molar-refractivity contribution < 1.29 is 28.6 Å². The van der Waals surface area contributed by atoms with Crippen molar-refractivity contribution in [2.24, 2.45) is 0 Å². The highest BCUT2D eigenvalue weighted by Crippen LogP contribution is 2.39. The van der Waals surface area contributed by atoms with Crippen LogP contribution in [0.4, 0.5) is 5.00 Å². The van der Waals surface area contributed by atoms with E-state index >= 15 is 0 Å². The third-order valence-electron chi connectivity index (χ3n) is 4.37. The minimum Gasteiger partial charge on any atom is -0.480 e. The van der Waals surface area contributed by atoms with Gasteiger partial charge in [-0.3, -0.25) is 4.79 Å². The Morgan fingerprint density at radius 2 is 1.60 bits per heavy atom. The van der Waals surface area contributed by atoms with Gasteiger partial charge in [-0.05, 0) is 19.1 Å².